The number of aryl methyl sites for hydroxylation is 1. The Morgan fingerprint density at radius 1 is 1.15 bits per heavy atom. The van der Waals surface area contributed by atoms with Crippen molar-refractivity contribution >= 4 is 60.6 Å². The second kappa shape index (κ2) is 10.2. The molecule has 33 heavy (non-hydrogen) atoms. The summed E-state index contributed by atoms with van der Waals surface area (Å²) in [7, 11) is 0. The molecule has 1 aromatic heterocycles. The van der Waals surface area contributed by atoms with Gasteiger partial charge in [-0.25, -0.2) is 9.37 Å². The zero-order chi connectivity index (χ0) is 23.5. The third kappa shape index (κ3) is 5.34. The summed E-state index contributed by atoms with van der Waals surface area (Å²) in [6.07, 6.45) is 2.04. The number of fused-ring (bicyclic) bond motifs is 1. The van der Waals surface area contributed by atoms with Gasteiger partial charge in [0.05, 0.1) is 21.6 Å². The molecular weight excluding hydrogens is 577 g/mol. The molecule has 0 bridgehead atoms. The molecule has 1 heterocycles. The summed E-state index contributed by atoms with van der Waals surface area (Å²) in [5.74, 6) is 0.712. The maximum absolute atomic E-state index is 13.2. The molecule has 0 radical (unpaired) electrons. The summed E-state index contributed by atoms with van der Waals surface area (Å²) in [5.41, 5.74) is 1.71. The molecule has 168 valence electrons. The van der Waals surface area contributed by atoms with E-state index in [2.05, 4.69) is 41.9 Å². The van der Waals surface area contributed by atoms with Gasteiger partial charge in [-0.2, -0.15) is 9.78 Å². The molecule has 0 aliphatic rings. The molecule has 0 amide bonds. The number of hydrogen-bond donors (Lipinski definition) is 0. The van der Waals surface area contributed by atoms with Gasteiger partial charge in [0, 0.05) is 21.5 Å². The van der Waals surface area contributed by atoms with Gasteiger partial charge in [-0.05, 0) is 64.0 Å². The van der Waals surface area contributed by atoms with Gasteiger partial charge in [0.2, 0.25) is 0 Å². The summed E-state index contributed by atoms with van der Waals surface area (Å²) in [4.78, 5) is 17.7. The minimum Gasteiger partial charge on any atom is -0.487 e. The molecule has 0 spiro atoms. The average molecular weight is 594 g/mol. The minimum absolute atomic E-state index is 0.215. The van der Waals surface area contributed by atoms with Gasteiger partial charge in [0.15, 0.2) is 0 Å². The molecular formula is C24H17Br2ClFN3O2. The van der Waals surface area contributed by atoms with Crippen molar-refractivity contribution in [3.05, 3.63) is 102 Å². The lowest BCUT2D eigenvalue weighted by Gasteiger charge is -2.12. The van der Waals surface area contributed by atoms with Crippen molar-refractivity contribution in [3.8, 4) is 5.75 Å². The van der Waals surface area contributed by atoms with E-state index >= 15 is 0 Å². The highest BCUT2D eigenvalue weighted by Crippen LogP contribution is 2.32. The molecule has 3 aromatic carbocycles. The van der Waals surface area contributed by atoms with Gasteiger partial charge in [-0.1, -0.05) is 46.6 Å². The van der Waals surface area contributed by atoms with Crippen molar-refractivity contribution in [3.63, 3.8) is 0 Å². The lowest BCUT2D eigenvalue weighted by Crippen LogP contribution is -2.22. The largest absolute Gasteiger partial charge is 0.487 e. The summed E-state index contributed by atoms with van der Waals surface area (Å²) in [6, 6.07) is 14.8. The van der Waals surface area contributed by atoms with E-state index < -0.39 is 0 Å². The van der Waals surface area contributed by atoms with Crippen LogP contribution in [0.3, 0.4) is 0 Å². The van der Waals surface area contributed by atoms with Gasteiger partial charge in [-0.3, -0.25) is 4.79 Å². The van der Waals surface area contributed by atoms with Crippen LogP contribution in [0.5, 0.6) is 5.75 Å². The molecule has 4 rings (SSSR count). The van der Waals surface area contributed by atoms with Gasteiger partial charge in [0.1, 0.15) is 24.0 Å². The monoisotopic (exact) mass is 591 g/mol. The highest BCUT2D eigenvalue weighted by molar-refractivity contribution is 9.10. The van der Waals surface area contributed by atoms with E-state index in [4.69, 9.17) is 16.3 Å². The quantitative estimate of drug-likeness (QED) is 0.233. The normalized spacial score (nSPS) is 11.4. The first-order valence-electron chi connectivity index (χ1n) is 9.97. The van der Waals surface area contributed by atoms with E-state index in [0.29, 0.717) is 44.0 Å². The van der Waals surface area contributed by atoms with Crippen molar-refractivity contribution in [2.75, 3.05) is 0 Å². The van der Waals surface area contributed by atoms with Crippen LogP contribution in [0, 0.1) is 5.82 Å². The zero-order valence-corrected chi connectivity index (χ0v) is 21.3. The number of nitrogens with zero attached hydrogens (tertiary/aromatic N) is 3. The van der Waals surface area contributed by atoms with Gasteiger partial charge in [0.25, 0.3) is 5.56 Å². The third-order valence-electron chi connectivity index (χ3n) is 4.84. The Kier molecular flexibility index (Phi) is 7.26. The average Bonchev–Trinajstić information content (AvgIpc) is 2.79. The number of benzene rings is 3. The minimum atomic E-state index is -0.313. The highest BCUT2D eigenvalue weighted by atomic mass is 79.9. The van der Waals surface area contributed by atoms with E-state index in [-0.39, 0.29) is 18.0 Å². The van der Waals surface area contributed by atoms with Gasteiger partial charge >= 0.3 is 0 Å². The Bertz CT molecular complexity index is 1420. The van der Waals surface area contributed by atoms with E-state index in [1.807, 2.05) is 13.0 Å². The second-order valence-corrected chi connectivity index (χ2v) is 9.33. The molecule has 0 saturated heterocycles. The van der Waals surface area contributed by atoms with Crippen molar-refractivity contribution < 1.29 is 9.13 Å². The highest BCUT2D eigenvalue weighted by Gasteiger charge is 2.12. The number of ether oxygens (including phenoxy) is 1. The first-order valence-corrected chi connectivity index (χ1v) is 11.9. The third-order valence-corrected chi connectivity index (χ3v) is 6.14. The number of hydrogen-bond acceptors (Lipinski definition) is 4. The van der Waals surface area contributed by atoms with Crippen LogP contribution in [0.25, 0.3) is 10.9 Å². The van der Waals surface area contributed by atoms with Gasteiger partial charge in [-0.15, -0.1) is 0 Å². The molecule has 0 N–H and O–H groups in total. The predicted octanol–water partition coefficient (Wildman–Crippen LogP) is 6.74. The lowest BCUT2D eigenvalue weighted by molar-refractivity contribution is 0.303. The van der Waals surface area contributed by atoms with E-state index in [9.17, 15) is 9.18 Å². The van der Waals surface area contributed by atoms with Crippen molar-refractivity contribution in [2.45, 2.75) is 20.0 Å². The van der Waals surface area contributed by atoms with Crippen molar-refractivity contribution in [1.29, 1.82) is 0 Å². The fourth-order valence-electron chi connectivity index (χ4n) is 3.23. The molecule has 9 heteroatoms. The SMILES string of the molecule is CCc1nc2ccc(Br)cc2c(=O)n1N=Cc1cc(Cl)cc(Br)c1OCc1ccc(F)cc1. The van der Waals surface area contributed by atoms with E-state index in [1.165, 1.54) is 23.0 Å². The smallest absolute Gasteiger partial charge is 0.282 e. The van der Waals surface area contributed by atoms with Crippen LogP contribution in [-0.4, -0.2) is 15.9 Å². The fraction of sp³-hybridized carbons (Fsp3) is 0.125. The topological polar surface area (TPSA) is 56.5 Å². The summed E-state index contributed by atoms with van der Waals surface area (Å²) in [6.45, 7) is 2.12. The fourth-order valence-corrected chi connectivity index (χ4v) is 4.54. The first-order chi connectivity index (χ1) is 15.9. The second-order valence-electron chi connectivity index (χ2n) is 7.13. The lowest BCUT2D eigenvalue weighted by atomic mass is 10.2. The zero-order valence-electron chi connectivity index (χ0n) is 17.4. The molecule has 0 saturated carbocycles. The molecule has 4 aromatic rings. The molecule has 5 nitrogen and oxygen atoms in total. The Morgan fingerprint density at radius 2 is 1.91 bits per heavy atom. The maximum Gasteiger partial charge on any atom is 0.282 e. The van der Waals surface area contributed by atoms with Crippen LogP contribution in [-0.2, 0) is 13.0 Å². The van der Waals surface area contributed by atoms with Crippen LogP contribution in [0.1, 0.15) is 23.9 Å². The van der Waals surface area contributed by atoms with Crippen LogP contribution >= 0.6 is 43.5 Å². The molecule has 0 fully saturated rings. The van der Waals surface area contributed by atoms with Crippen molar-refractivity contribution in [1.82, 2.24) is 9.66 Å². The Hall–Kier alpha value is -2.55. The molecule has 0 unspecified atom stereocenters. The van der Waals surface area contributed by atoms with Crippen LogP contribution in [0.15, 0.2) is 73.4 Å². The van der Waals surface area contributed by atoms with E-state index in [1.54, 1.807) is 36.4 Å². The molecule has 0 aliphatic heterocycles. The number of aromatic nitrogens is 2. The Labute approximate surface area is 211 Å². The van der Waals surface area contributed by atoms with Crippen LogP contribution in [0.4, 0.5) is 4.39 Å². The Morgan fingerprint density at radius 3 is 2.64 bits per heavy atom. The first kappa shape index (κ1) is 23.6. The summed E-state index contributed by atoms with van der Waals surface area (Å²) >= 11 is 13.1. The Balaban J connectivity index is 1.73. The predicted molar refractivity (Wildman–Crippen MR) is 136 cm³/mol. The molecule has 0 aliphatic carbocycles. The standard InChI is InChI=1S/C24H17Br2ClFN3O2/c1-2-22-30-21-8-5-16(25)10-19(21)24(32)31(22)29-12-15-9-17(27)11-20(26)23(15)33-13-14-3-6-18(28)7-4-14/h3-12H,2,13H2,1H3. The van der Waals surface area contributed by atoms with Gasteiger partial charge < -0.3 is 4.74 Å². The van der Waals surface area contributed by atoms with Crippen LogP contribution in [0.2, 0.25) is 5.02 Å². The summed E-state index contributed by atoms with van der Waals surface area (Å²) < 4.78 is 21.9. The summed E-state index contributed by atoms with van der Waals surface area (Å²) in [5, 5.41) is 5.36. The van der Waals surface area contributed by atoms with Crippen molar-refractivity contribution in [2.24, 2.45) is 5.10 Å². The van der Waals surface area contributed by atoms with E-state index in [0.717, 1.165) is 10.0 Å². The number of halogens is 4. The number of rotatable bonds is 6. The molecule has 0 atom stereocenters. The maximum atomic E-state index is 13.2. The van der Waals surface area contributed by atoms with Crippen LogP contribution < -0.4 is 10.3 Å².